The number of aromatic nitrogens is 2. The molecule has 1 N–H and O–H groups in total. The van der Waals surface area contributed by atoms with Crippen LogP contribution in [0.5, 0.6) is 5.75 Å². The number of rotatable bonds is 4. The summed E-state index contributed by atoms with van der Waals surface area (Å²) in [6.07, 6.45) is 1.57. The van der Waals surface area contributed by atoms with E-state index in [1.54, 1.807) is 24.8 Å². The number of hydrogen-bond donors (Lipinski definition) is 1. The van der Waals surface area contributed by atoms with Gasteiger partial charge in [-0.05, 0) is 38.5 Å². The number of benzene rings is 1. The zero-order chi connectivity index (χ0) is 16.4. The normalized spacial score (nSPS) is 11.7. The molecular weight excluding hydrogens is 308 g/mol. The lowest BCUT2D eigenvalue weighted by atomic mass is 10.1. The van der Waals surface area contributed by atoms with Gasteiger partial charge >= 0.3 is 0 Å². The van der Waals surface area contributed by atoms with Crippen LogP contribution in [0.15, 0.2) is 35.7 Å². The predicted molar refractivity (Wildman–Crippen MR) is 95.7 cm³/mol. The number of hydrazone groups is 1. The molecule has 0 radical (unpaired) electrons. The van der Waals surface area contributed by atoms with E-state index in [-0.39, 0.29) is 0 Å². The average Bonchev–Trinajstić information content (AvgIpc) is 2.87. The lowest BCUT2D eigenvalue weighted by Gasteiger charge is -2.06. The molecular formula is C17H18N4OS. The zero-order valence-electron chi connectivity index (χ0n) is 13.5. The van der Waals surface area contributed by atoms with Gasteiger partial charge in [-0.15, -0.1) is 11.3 Å². The van der Waals surface area contributed by atoms with Crippen molar-refractivity contribution in [3.63, 3.8) is 0 Å². The number of nitrogens with one attached hydrogen (secondary N) is 1. The fraction of sp³-hybridized carbons (Fsp3) is 0.235. The molecule has 3 aromatic rings. The van der Waals surface area contributed by atoms with Crippen LogP contribution in [0.1, 0.15) is 22.9 Å². The molecule has 0 bridgehead atoms. The van der Waals surface area contributed by atoms with E-state index in [2.05, 4.69) is 34.3 Å². The standard InChI is InChI=1S/C17H18N4OS/c1-10-12(3)23-17-15(10)16(18-9-19-17)21-20-11(2)13-6-5-7-14(8-13)22-4/h5-9H,1-4H3,(H,18,19,21)/b20-11+. The summed E-state index contributed by atoms with van der Waals surface area (Å²) >= 11 is 1.67. The first-order chi connectivity index (χ1) is 11.1. The van der Waals surface area contributed by atoms with E-state index in [4.69, 9.17) is 4.74 Å². The second-order valence-electron chi connectivity index (χ2n) is 5.23. The molecule has 0 spiro atoms. The monoisotopic (exact) mass is 326 g/mol. The highest BCUT2D eigenvalue weighted by Gasteiger charge is 2.11. The first kappa shape index (κ1) is 15.4. The van der Waals surface area contributed by atoms with E-state index in [1.807, 2.05) is 31.2 Å². The number of anilines is 1. The number of thiophene rings is 1. The first-order valence-corrected chi connectivity index (χ1v) is 8.07. The molecule has 2 heterocycles. The van der Waals surface area contributed by atoms with E-state index in [1.165, 1.54) is 10.4 Å². The fourth-order valence-corrected chi connectivity index (χ4v) is 3.31. The van der Waals surface area contributed by atoms with Gasteiger partial charge in [0.2, 0.25) is 0 Å². The number of hydrogen-bond acceptors (Lipinski definition) is 6. The average molecular weight is 326 g/mol. The van der Waals surface area contributed by atoms with Gasteiger partial charge in [-0.1, -0.05) is 12.1 Å². The van der Waals surface area contributed by atoms with Crippen molar-refractivity contribution in [2.24, 2.45) is 5.10 Å². The van der Waals surface area contributed by atoms with E-state index in [0.29, 0.717) is 0 Å². The molecule has 0 aliphatic carbocycles. The van der Waals surface area contributed by atoms with Crippen molar-refractivity contribution in [3.8, 4) is 5.75 Å². The Balaban J connectivity index is 1.93. The molecule has 23 heavy (non-hydrogen) atoms. The molecule has 0 amide bonds. The fourth-order valence-electron chi connectivity index (χ4n) is 2.32. The SMILES string of the molecule is COc1cccc(/C(C)=N/Nc2ncnc3sc(C)c(C)c23)c1. The number of aryl methyl sites for hydroxylation is 2. The zero-order valence-corrected chi connectivity index (χ0v) is 14.4. The second kappa shape index (κ2) is 6.34. The van der Waals surface area contributed by atoms with Gasteiger partial charge in [0.05, 0.1) is 18.2 Å². The molecule has 0 aliphatic rings. The largest absolute Gasteiger partial charge is 0.497 e. The van der Waals surface area contributed by atoms with Gasteiger partial charge in [-0.3, -0.25) is 5.43 Å². The predicted octanol–water partition coefficient (Wildman–Crippen LogP) is 4.15. The van der Waals surface area contributed by atoms with Crippen LogP contribution in [-0.2, 0) is 0 Å². The Morgan fingerprint density at radius 2 is 2.09 bits per heavy atom. The molecule has 6 heteroatoms. The Kier molecular flexibility index (Phi) is 4.25. The van der Waals surface area contributed by atoms with Crippen molar-refractivity contribution >= 4 is 33.1 Å². The Labute approximate surface area is 139 Å². The van der Waals surface area contributed by atoms with Crippen LogP contribution in [0.4, 0.5) is 5.82 Å². The third-order valence-corrected chi connectivity index (χ3v) is 4.90. The number of fused-ring (bicyclic) bond motifs is 1. The van der Waals surface area contributed by atoms with Gasteiger partial charge in [0, 0.05) is 10.4 Å². The minimum atomic E-state index is 0.735. The van der Waals surface area contributed by atoms with Crippen LogP contribution in [0.2, 0.25) is 0 Å². The van der Waals surface area contributed by atoms with E-state index in [0.717, 1.165) is 33.1 Å². The first-order valence-electron chi connectivity index (χ1n) is 7.25. The van der Waals surface area contributed by atoms with Crippen LogP contribution in [0.25, 0.3) is 10.2 Å². The Bertz CT molecular complexity index is 885. The van der Waals surface area contributed by atoms with Gasteiger partial charge in [0.15, 0.2) is 5.82 Å². The molecule has 0 unspecified atom stereocenters. The Morgan fingerprint density at radius 3 is 2.87 bits per heavy atom. The number of nitrogens with zero attached hydrogens (tertiary/aromatic N) is 3. The third kappa shape index (κ3) is 3.03. The summed E-state index contributed by atoms with van der Waals surface area (Å²) in [7, 11) is 1.66. The van der Waals surface area contributed by atoms with Crippen LogP contribution in [0.3, 0.4) is 0 Å². The van der Waals surface area contributed by atoms with E-state index in [9.17, 15) is 0 Å². The van der Waals surface area contributed by atoms with Gasteiger partial charge in [-0.25, -0.2) is 9.97 Å². The van der Waals surface area contributed by atoms with Crippen molar-refractivity contribution in [2.75, 3.05) is 12.5 Å². The maximum atomic E-state index is 5.25. The van der Waals surface area contributed by atoms with E-state index < -0.39 is 0 Å². The third-order valence-electron chi connectivity index (χ3n) is 3.78. The summed E-state index contributed by atoms with van der Waals surface area (Å²) in [4.78, 5) is 10.9. The highest BCUT2D eigenvalue weighted by atomic mass is 32.1. The topological polar surface area (TPSA) is 59.4 Å². The molecule has 0 fully saturated rings. The van der Waals surface area contributed by atoms with E-state index >= 15 is 0 Å². The summed E-state index contributed by atoms with van der Waals surface area (Å²) < 4.78 is 5.25. The minimum absolute atomic E-state index is 0.735. The molecule has 3 rings (SSSR count). The Morgan fingerprint density at radius 1 is 1.26 bits per heavy atom. The number of ether oxygens (including phenoxy) is 1. The van der Waals surface area contributed by atoms with Crippen LogP contribution in [0, 0.1) is 13.8 Å². The molecule has 0 atom stereocenters. The summed E-state index contributed by atoms with van der Waals surface area (Å²) in [6.45, 7) is 6.13. The molecule has 0 aliphatic heterocycles. The maximum absolute atomic E-state index is 5.25. The van der Waals surface area contributed by atoms with Crippen molar-refractivity contribution < 1.29 is 4.74 Å². The van der Waals surface area contributed by atoms with Crippen LogP contribution < -0.4 is 10.2 Å². The quantitative estimate of drug-likeness (QED) is 0.578. The van der Waals surface area contributed by atoms with Gasteiger partial charge in [0.25, 0.3) is 0 Å². The molecule has 0 saturated heterocycles. The molecule has 1 aromatic carbocycles. The lowest BCUT2D eigenvalue weighted by molar-refractivity contribution is 0.414. The molecule has 0 saturated carbocycles. The summed E-state index contributed by atoms with van der Waals surface area (Å²) in [5.74, 6) is 1.55. The van der Waals surface area contributed by atoms with Crippen LogP contribution in [-0.4, -0.2) is 22.8 Å². The van der Waals surface area contributed by atoms with Gasteiger partial charge in [-0.2, -0.15) is 5.10 Å². The lowest BCUT2D eigenvalue weighted by Crippen LogP contribution is -2.02. The molecule has 2 aromatic heterocycles. The Hall–Kier alpha value is -2.47. The van der Waals surface area contributed by atoms with Crippen molar-refractivity contribution in [1.29, 1.82) is 0 Å². The second-order valence-corrected chi connectivity index (χ2v) is 6.43. The summed E-state index contributed by atoms with van der Waals surface area (Å²) in [6, 6.07) is 7.81. The summed E-state index contributed by atoms with van der Waals surface area (Å²) in [5.41, 5.74) is 6.14. The highest BCUT2D eigenvalue weighted by molar-refractivity contribution is 7.18. The molecule has 5 nitrogen and oxygen atoms in total. The van der Waals surface area contributed by atoms with Crippen LogP contribution >= 0.6 is 11.3 Å². The molecule has 118 valence electrons. The summed E-state index contributed by atoms with van der Waals surface area (Å²) in [5, 5.41) is 5.51. The number of methoxy groups -OCH3 is 1. The van der Waals surface area contributed by atoms with Crippen molar-refractivity contribution in [3.05, 3.63) is 46.6 Å². The van der Waals surface area contributed by atoms with Gasteiger partial charge < -0.3 is 4.74 Å². The highest BCUT2D eigenvalue weighted by Crippen LogP contribution is 2.32. The van der Waals surface area contributed by atoms with Gasteiger partial charge in [0.1, 0.15) is 16.9 Å². The van der Waals surface area contributed by atoms with Crippen molar-refractivity contribution in [2.45, 2.75) is 20.8 Å². The smallest absolute Gasteiger partial charge is 0.158 e. The van der Waals surface area contributed by atoms with Crippen molar-refractivity contribution in [1.82, 2.24) is 9.97 Å². The maximum Gasteiger partial charge on any atom is 0.158 e. The minimum Gasteiger partial charge on any atom is -0.497 e.